The Labute approximate surface area is 155 Å². The summed E-state index contributed by atoms with van der Waals surface area (Å²) in [5.41, 5.74) is 1.15. The second-order valence-corrected chi connectivity index (χ2v) is 9.26. The SMILES string of the molecule is O=C1CN(C(=O)C2CCCN2S(=O)(=O)c2cccs2)c2ccccc2N1. The number of nitrogens with zero attached hydrogens (tertiary/aromatic N) is 2. The molecule has 1 aromatic carbocycles. The molecule has 0 bridgehead atoms. The van der Waals surface area contributed by atoms with Gasteiger partial charge in [0, 0.05) is 6.54 Å². The van der Waals surface area contributed by atoms with Gasteiger partial charge < -0.3 is 5.32 Å². The molecular weight excluding hydrogens is 374 g/mol. The van der Waals surface area contributed by atoms with Crippen molar-refractivity contribution in [3.8, 4) is 0 Å². The van der Waals surface area contributed by atoms with Gasteiger partial charge in [0.25, 0.3) is 10.0 Å². The molecule has 1 fully saturated rings. The number of para-hydroxylation sites is 2. The van der Waals surface area contributed by atoms with Crippen LogP contribution in [0.3, 0.4) is 0 Å². The molecular formula is C17H17N3O4S2. The lowest BCUT2D eigenvalue weighted by atomic mass is 10.1. The minimum atomic E-state index is -3.72. The van der Waals surface area contributed by atoms with Crippen LogP contribution in [0.5, 0.6) is 0 Å². The van der Waals surface area contributed by atoms with Crippen LogP contribution in [0.25, 0.3) is 0 Å². The molecule has 1 unspecified atom stereocenters. The van der Waals surface area contributed by atoms with Crippen LogP contribution in [-0.2, 0) is 19.6 Å². The van der Waals surface area contributed by atoms with Gasteiger partial charge in [-0.05, 0) is 36.4 Å². The van der Waals surface area contributed by atoms with Gasteiger partial charge in [-0.25, -0.2) is 8.42 Å². The number of hydrogen-bond acceptors (Lipinski definition) is 5. The van der Waals surface area contributed by atoms with E-state index in [0.29, 0.717) is 30.8 Å². The summed E-state index contributed by atoms with van der Waals surface area (Å²) in [6, 6.07) is 9.46. The van der Waals surface area contributed by atoms with Crippen molar-refractivity contribution < 1.29 is 18.0 Å². The summed E-state index contributed by atoms with van der Waals surface area (Å²) in [6.45, 7) is 0.192. The van der Waals surface area contributed by atoms with Gasteiger partial charge in [0.1, 0.15) is 16.8 Å². The Morgan fingerprint density at radius 2 is 2.00 bits per heavy atom. The smallest absolute Gasteiger partial charge is 0.253 e. The largest absolute Gasteiger partial charge is 0.323 e. The van der Waals surface area contributed by atoms with E-state index in [1.807, 2.05) is 0 Å². The van der Waals surface area contributed by atoms with E-state index in [2.05, 4.69) is 5.32 Å². The van der Waals surface area contributed by atoms with Crippen molar-refractivity contribution in [2.75, 3.05) is 23.3 Å². The Bertz CT molecular complexity index is 956. The number of benzene rings is 1. The van der Waals surface area contributed by atoms with E-state index in [1.165, 1.54) is 9.21 Å². The van der Waals surface area contributed by atoms with Gasteiger partial charge in [-0.3, -0.25) is 14.5 Å². The maximum absolute atomic E-state index is 13.2. The van der Waals surface area contributed by atoms with Crippen molar-refractivity contribution >= 4 is 44.5 Å². The van der Waals surface area contributed by atoms with E-state index in [4.69, 9.17) is 0 Å². The summed E-state index contributed by atoms with van der Waals surface area (Å²) >= 11 is 1.14. The quantitative estimate of drug-likeness (QED) is 0.866. The lowest BCUT2D eigenvalue weighted by Crippen LogP contribution is -2.51. The maximum Gasteiger partial charge on any atom is 0.253 e. The van der Waals surface area contributed by atoms with Crippen LogP contribution in [-0.4, -0.2) is 43.7 Å². The molecule has 26 heavy (non-hydrogen) atoms. The Kier molecular flexibility index (Phi) is 4.29. The zero-order valence-corrected chi connectivity index (χ0v) is 15.4. The standard InChI is InChI=1S/C17H17N3O4S2/c21-15-11-19(13-6-2-1-5-12(13)18-15)17(22)14-7-3-9-20(14)26(23,24)16-8-4-10-25-16/h1-2,4-6,8,10,14H,3,7,9,11H2,(H,18,21). The fourth-order valence-corrected chi connectivity index (χ4v) is 6.18. The molecule has 2 aliphatic heterocycles. The topological polar surface area (TPSA) is 86.8 Å². The predicted molar refractivity (Wildman–Crippen MR) is 98.7 cm³/mol. The lowest BCUT2D eigenvalue weighted by Gasteiger charge is -2.33. The van der Waals surface area contributed by atoms with Crippen LogP contribution >= 0.6 is 11.3 Å². The van der Waals surface area contributed by atoms with Gasteiger partial charge in [0.05, 0.1) is 11.4 Å². The zero-order valence-electron chi connectivity index (χ0n) is 13.8. The number of amides is 2. The van der Waals surface area contributed by atoms with E-state index in [-0.39, 0.29) is 22.6 Å². The molecule has 4 rings (SSSR count). The molecule has 0 radical (unpaired) electrons. The summed E-state index contributed by atoms with van der Waals surface area (Å²) in [5.74, 6) is -0.646. The summed E-state index contributed by atoms with van der Waals surface area (Å²) in [7, 11) is -3.72. The minimum Gasteiger partial charge on any atom is -0.323 e. The van der Waals surface area contributed by atoms with Crippen LogP contribution in [0.15, 0.2) is 46.0 Å². The third kappa shape index (κ3) is 2.81. The van der Waals surface area contributed by atoms with Crippen LogP contribution in [0.4, 0.5) is 11.4 Å². The Balaban J connectivity index is 1.67. The number of nitrogens with one attached hydrogen (secondary N) is 1. The Morgan fingerprint density at radius 3 is 2.77 bits per heavy atom. The number of carbonyl (C=O) groups excluding carboxylic acids is 2. The third-order valence-corrected chi connectivity index (χ3v) is 7.86. The summed E-state index contributed by atoms with van der Waals surface area (Å²) in [4.78, 5) is 26.6. The average molecular weight is 391 g/mol. The number of anilines is 2. The molecule has 9 heteroatoms. The van der Waals surface area contributed by atoms with Crippen LogP contribution in [0, 0.1) is 0 Å². The van der Waals surface area contributed by atoms with Crippen molar-refractivity contribution in [1.29, 1.82) is 0 Å². The van der Waals surface area contributed by atoms with Crippen molar-refractivity contribution in [2.45, 2.75) is 23.1 Å². The van der Waals surface area contributed by atoms with Crippen molar-refractivity contribution in [3.63, 3.8) is 0 Å². The van der Waals surface area contributed by atoms with Crippen molar-refractivity contribution in [3.05, 3.63) is 41.8 Å². The van der Waals surface area contributed by atoms with E-state index >= 15 is 0 Å². The molecule has 2 amide bonds. The van der Waals surface area contributed by atoms with Crippen LogP contribution in [0.1, 0.15) is 12.8 Å². The molecule has 0 saturated carbocycles. The highest BCUT2D eigenvalue weighted by atomic mass is 32.2. The predicted octanol–water partition coefficient (Wildman–Crippen LogP) is 1.89. The zero-order chi connectivity index (χ0) is 18.3. The average Bonchev–Trinajstić information content (AvgIpc) is 3.32. The molecule has 7 nitrogen and oxygen atoms in total. The minimum absolute atomic E-state index is 0.112. The second kappa shape index (κ2) is 6.49. The third-order valence-electron chi connectivity index (χ3n) is 4.58. The molecule has 136 valence electrons. The van der Waals surface area contributed by atoms with Crippen molar-refractivity contribution in [2.24, 2.45) is 0 Å². The number of rotatable bonds is 3. The van der Waals surface area contributed by atoms with Gasteiger partial charge in [-0.1, -0.05) is 18.2 Å². The fraction of sp³-hybridized carbons (Fsp3) is 0.294. The van der Waals surface area contributed by atoms with Crippen LogP contribution in [0.2, 0.25) is 0 Å². The normalized spacial score (nSPS) is 20.7. The summed E-state index contributed by atoms with van der Waals surface area (Å²) < 4.78 is 27.3. The van der Waals surface area contributed by atoms with Gasteiger partial charge in [-0.15, -0.1) is 11.3 Å². The summed E-state index contributed by atoms with van der Waals surface area (Å²) in [5, 5.41) is 4.44. The fourth-order valence-electron chi connectivity index (χ4n) is 3.41. The van der Waals surface area contributed by atoms with E-state index in [0.717, 1.165) is 11.3 Å². The molecule has 2 aliphatic rings. The first kappa shape index (κ1) is 17.2. The second-order valence-electron chi connectivity index (χ2n) is 6.20. The molecule has 0 aliphatic carbocycles. The van der Waals surface area contributed by atoms with E-state index < -0.39 is 16.1 Å². The van der Waals surface area contributed by atoms with Gasteiger partial charge >= 0.3 is 0 Å². The molecule has 2 aromatic rings. The molecule has 0 spiro atoms. The molecule has 1 atom stereocenters. The first-order valence-electron chi connectivity index (χ1n) is 8.24. The molecule has 1 aromatic heterocycles. The monoisotopic (exact) mass is 391 g/mol. The highest BCUT2D eigenvalue weighted by molar-refractivity contribution is 7.91. The number of fused-ring (bicyclic) bond motifs is 1. The number of hydrogen-bond donors (Lipinski definition) is 1. The maximum atomic E-state index is 13.2. The number of thiophene rings is 1. The lowest BCUT2D eigenvalue weighted by molar-refractivity contribution is -0.124. The first-order chi connectivity index (χ1) is 12.5. The Morgan fingerprint density at radius 1 is 1.19 bits per heavy atom. The molecule has 3 heterocycles. The van der Waals surface area contributed by atoms with Crippen LogP contribution < -0.4 is 10.2 Å². The van der Waals surface area contributed by atoms with Crippen molar-refractivity contribution in [1.82, 2.24) is 4.31 Å². The van der Waals surface area contributed by atoms with E-state index in [9.17, 15) is 18.0 Å². The molecule has 1 N–H and O–H groups in total. The summed E-state index contributed by atoms with van der Waals surface area (Å²) in [6.07, 6.45) is 1.06. The first-order valence-corrected chi connectivity index (χ1v) is 10.6. The highest BCUT2D eigenvalue weighted by Crippen LogP contribution is 2.33. The number of sulfonamides is 1. The highest BCUT2D eigenvalue weighted by Gasteiger charge is 2.43. The van der Waals surface area contributed by atoms with Gasteiger partial charge in [0.15, 0.2) is 0 Å². The van der Waals surface area contributed by atoms with E-state index in [1.54, 1.807) is 41.8 Å². The Hall–Kier alpha value is -2.23. The van der Waals surface area contributed by atoms with Gasteiger partial charge in [0.2, 0.25) is 11.8 Å². The number of carbonyl (C=O) groups is 2. The van der Waals surface area contributed by atoms with Gasteiger partial charge in [-0.2, -0.15) is 4.31 Å². The molecule has 1 saturated heterocycles.